The molecule has 1 aromatic heterocycles. The summed E-state index contributed by atoms with van der Waals surface area (Å²) in [7, 11) is 0. The molecule has 2 rings (SSSR count). The lowest BCUT2D eigenvalue weighted by Gasteiger charge is -2.10. The number of nitrogen functional groups attached to an aromatic ring is 1. The summed E-state index contributed by atoms with van der Waals surface area (Å²) in [6.45, 7) is -0.277. The zero-order chi connectivity index (χ0) is 11.0. The summed E-state index contributed by atoms with van der Waals surface area (Å²) in [4.78, 5) is 14.8. The van der Waals surface area contributed by atoms with Crippen molar-refractivity contribution >= 4 is 16.7 Å². The number of nitrogens with two attached hydrogens (primary N) is 1. The van der Waals surface area contributed by atoms with Gasteiger partial charge in [0.05, 0.1) is 12.7 Å². The van der Waals surface area contributed by atoms with Gasteiger partial charge in [0.2, 0.25) is 5.13 Å². The molecule has 2 heterocycles. The first-order chi connectivity index (χ1) is 7.11. The van der Waals surface area contributed by atoms with Gasteiger partial charge in [-0.2, -0.15) is 4.98 Å². The van der Waals surface area contributed by atoms with E-state index in [9.17, 15) is 9.90 Å². The second-order valence-corrected chi connectivity index (χ2v) is 4.26. The van der Waals surface area contributed by atoms with Crippen LogP contribution in [0.25, 0.3) is 0 Å². The van der Waals surface area contributed by atoms with Crippen molar-refractivity contribution in [2.45, 2.75) is 24.9 Å². The van der Waals surface area contributed by atoms with Crippen LogP contribution in [0.15, 0.2) is 4.79 Å². The van der Waals surface area contributed by atoms with Crippen molar-refractivity contribution in [3.8, 4) is 0 Å². The van der Waals surface area contributed by atoms with E-state index >= 15 is 0 Å². The molecule has 3 atom stereocenters. The van der Waals surface area contributed by atoms with Crippen molar-refractivity contribution in [2.75, 3.05) is 12.3 Å². The number of anilines is 1. The molecule has 1 aliphatic heterocycles. The first-order valence-electron chi connectivity index (χ1n) is 4.41. The fourth-order valence-corrected chi connectivity index (χ4v) is 2.20. The summed E-state index contributed by atoms with van der Waals surface area (Å²) in [5.74, 6) is 0. The van der Waals surface area contributed by atoms with Gasteiger partial charge >= 0.3 is 5.69 Å². The zero-order valence-electron chi connectivity index (χ0n) is 7.74. The molecule has 0 amide bonds. The minimum absolute atomic E-state index is 0.158. The highest BCUT2D eigenvalue weighted by Gasteiger charge is 2.35. The van der Waals surface area contributed by atoms with Gasteiger partial charge in [-0.25, -0.2) is 8.75 Å². The highest BCUT2D eigenvalue weighted by Crippen LogP contribution is 2.29. The van der Waals surface area contributed by atoms with Crippen LogP contribution in [0.4, 0.5) is 5.13 Å². The third kappa shape index (κ3) is 1.88. The minimum atomic E-state index is -0.768. The van der Waals surface area contributed by atoms with E-state index in [1.807, 2.05) is 0 Å². The van der Waals surface area contributed by atoms with Crippen molar-refractivity contribution in [1.29, 1.82) is 0 Å². The van der Waals surface area contributed by atoms with E-state index in [0.29, 0.717) is 0 Å². The third-order valence-electron chi connectivity index (χ3n) is 2.23. The maximum Gasteiger partial charge on any atom is 0.362 e. The fourth-order valence-electron chi connectivity index (χ4n) is 1.51. The number of aliphatic hydroxyl groups excluding tert-OH is 2. The summed E-state index contributed by atoms with van der Waals surface area (Å²) in [6, 6.07) is 0. The van der Waals surface area contributed by atoms with Gasteiger partial charge in [-0.15, -0.1) is 0 Å². The molecule has 4 N–H and O–H groups in total. The van der Waals surface area contributed by atoms with Gasteiger partial charge in [0, 0.05) is 6.42 Å². The highest BCUT2D eigenvalue weighted by molar-refractivity contribution is 7.10. The molecule has 1 aromatic rings. The summed E-state index contributed by atoms with van der Waals surface area (Å²) in [5, 5.41) is 18.5. The molecule has 0 bridgehead atoms. The maximum absolute atomic E-state index is 11.3. The van der Waals surface area contributed by atoms with E-state index in [1.165, 1.54) is 3.96 Å². The molecule has 1 fully saturated rings. The van der Waals surface area contributed by atoms with E-state index < -0.39 is 24.1 Å². The van der Waals surface area contributed by atoms with Crippen molar-refractivity contribution < 1.29 is 14.9 Å². The average molecular weight is 233 g/mol. The second-order valence-electron chi connectivity index (χ2n) is 3.26. The molecule has 0 radical (unpaired) electrons. The van der Waals surface area contributed by atoms with Gasteiger partial charge < -0.3 is 20.7 Å². The van der Waals surface area contributed by atoms with Gasteiger partial charge in [0.15, 0.2) is 6.23 Å². The first-order valence-corrected chi connectivity index (χ1v) is 5.19. The van der Waals surface area contributed by atoms with E-state index in [0.717, 1.165) is 11.5 Å². The average Bonchev–Trinajstić information content (AvgIpc) is 2.69. The predicted octanol–water partition coefficient (Wildman–Crippen LogP) is -1.47. The Labute approximate surface area is 88.9 Å². The van der Waals surface area contributed by atoms with Crippen LogP contribution < -0.4 is 11.4 Å². The standard InChI is InChI=1S/C7H11N3O4S/c8-6-9-7(13)10(15-6)5-1-3(12)4(2-11)14-5/h3-5,11-12H,1-2H2,(H2,8,9,13)/t3-,4+,5-/m0/s1. The summed E-state index contributed by atoms with van der Waals surface area (Å²) < 4.78 is 6.54. The fraction of sp³-hybridized carbons (Fsp3) is 0.714. The van der Waals surface area contributed by atoms with Gasteiger partial charge in [-0.05, 0) is 11.5 Å². The van der Waals surface area contributed by atoms with Gasteiger partial charge in [-0.1, -0.05) is 0 Å². The maximum atomic E-state index is 11.3. The largest absolute Gasteiger partial charge is 0.394 e. The van der Waals surface area contributed by atoms with Gasteiger partial charge in [0.1, 0.15) is 6.10 Å². The summed E-state index contributed by atoms with van der Waals surface area (Å²) in [6.07, 6.45) is -1.74. The molecule has 15 heavy (non-hydrogen) atoms. The molecule has 84 valence electrons. The lowest BCUT2D eigenvalue weighted by molar-refractivity contribution is -0.0420. The van der Waals surface area contributed by atoms with E-state index in [4.69, 9.17) is 15.6 Å². The molecule has 1 aliphatic rings. The number of rotatable bonds is 2. The number of nitrogens with zero attached hydrogens (tertiary/aromatic N) is 2. The van der Waals surface area contributed by atoms with Crippen molar-refractivity contribution in [2.24, 2.45) is 0 Å². The zero-order valence-corrected chi connectivity index (χ0v) is 8.55. The SMILES string of the molecule is Nc1nc(=O)n([C@@H]2C[C@H](O)[C@@H](CO)O2)s1. The van der Waals surface area contributed by atoms with Crippen molar-refractivity contribution in [3.05, 3.63) is 10.5 Å². The molecule has 7 nitrogen and oxygen atoms in total. The van der Waals surface area contributed by atoms with E-state index in [-0.39, 0.29) is 18.2 Å². The first kappa shape index (κ1) is 10.6. The molecule has 1 saturated heterocycles. The molecule has 0 aromatic carbocycles. The molecule has 0 saturated carbocycles. The van der Waals surface area contributed by atoms with Crippen molar-refractivity contribution in [3.63, 3.8) is 0 Å². The Morgan fingerprint density at radius 1 is 1.73 bits per heavy atom. The van der Waals surface area contributed by atoms with Crippen LogP contribution in [-0.4, -0.2) is 38.0 Å². The van der Waals surface area contributed by atoms with Gasteiger partial charge in [-0.3, -0.25) is 0 Å². The summed E-state index contributed by atoms with van der Waals surface area (Å²) >= 11 is 0.979. The van der Waals surface area contributed by atoms with E-state index in [2.05, 4.69) is 4.98 Å². The molecule has 0 spiro atoms. The van der Waals surface area contributed by atoms with Crippen molar-refractivity contribution in [1.82, 2.24) is 8.94 Å². The Morgan fingerprint density at radius 2 is 2.47 bits per heavy atom. The van der Waals surface area contributed by atoms with Crippen LogP contribution >= 0.6 is 11.5 Å². The highest BCUT2D eigenvalue weighted by atomic mass is 32.1. The van der Waals surface area contributed by atoms with E-state index in [1.54, 1.807) is 0 Å². The predicted molar refractivity (Wildman–Crippen MR) is 52.4 cm³/mol. The van der Waals surface area contributed by atoms with Crippen LogP contribution in [0.2, 0.25) is 0 Å². The number of hydrogen-bond donors (Lipinski definition) is 3. The van der Waals surface area contributed by atoms with Gasteiger partial charge in [0.25, 0.3) is 0 Å². The Balaban J connectivity index is 2.20. The van der Waals surface area contributed by atoms with Crippen LogP contribution in [0.5, 0.6) is 0 Å². The third-order valence-corrected chi connectivity index (χ3v) is 3.10. The van der Waals surface area contributed by atoms with Crippen LogP contribution in [-0.2, 0) is 4.74 Å². The Kier molecular flexibility index (Phi) is 2.74. The lowest BCUT2D eigenvalue weighted by atomic mass is 10.2. The Bertz CT molecular complexity index is 403. The Morgan fingerprint density at radius 3 is 2.93 bits per heavy atom. The topological polar surface area (TPSA) is 111 Å². The lowest BCUT2D eigenvalue weighted by Crippen LogP contribution is -2.24. The smallest absolute Gasteiger partial charge is 0.362 e. The number of aliphatic hydroxyl groups is 2. The quantitative estimate of drug-likeness (QED) is 0.575. The molecule has 0 unspecified atom stereocenters. The monoisotopic (exact) mass is 233 g/mol. The minimum Gasteiger partial charge on any atom is -0.394 e. The van der Waals surface area contributed by atoms with Crippen LogP contribution in [0.1, 0.15) is 12.6 Å². The Hall–Kier alpha value is -0.960. The molecule has 0 aliphatic carbocycles. The number of aromatic nitrogens is 2. The molecular weight excluding hydrogens is 222 g/mol. The molecular formula is C7H11N3O4S. The van der Waals surface area contributed by atoms with Crippen LogP contribution in [0.3, 0.4) is 0 Å². The summed E-state index contributed by atoms with van der Waals surface area (Å²) in [5.41, 5.74) is 4.88. The second kappa shape index (κ2) is 3.89. The number of hydrogen-bond acceptors (Lipinski definition) is 7. The van der Waals surface area contributed by atoms with Crippen LogP contribution in [0, 0.1) is 0 Å². The normalized spacial score (nSPS) is 30.9. The number of ether oxygens (including phenoxy) is 1. The molecule has 8 heteroatoms.